The monoisotopic (exact) mass is 1140 g/mol. The van der Waals surface area contributed by atoms with Crippen molar-refractivity contribution in [2.24, 2.45) is 10.8 Å². The van der Waals surface area contributed by atoms with E-state index in [1.807, 2.05) is 83.1 Å². The van der Waals surface area contributed by atoms with Crippen molar-refractivity contribution in [3.8, 4) is 11.5 Å². The number of hydrogen-bond donors (Lipinski definition) is 6. The first-order valence-corrected chi connectivity index (χ1v) is 30.4. The minimum absolute atomic E-state index is 0.0970. The first-order valence-electron chi connectivity index (χ1n) is 30.4. The van der Waals surface area contributed by atoms with Gasteiger partial charge in [0.15, 0.2) is 0 Å². The summed E-state index contributed by atoms with van der Waals surface area (Å²) in [6.07, 6.45) is 8.90. The average Bonchev–Trinajstić information content (AvgIpc) is 4.38. The van der Waals surface area contributed by atoms with E-state index in [4.69, 9.17) is 9.47 Å². The van der Waals surface area contributed by atoms with Gasteiger partial charge in [0.2, 0.25) is 30.0 Å². The highest BCUT2D eigenvalue weighted by atomic mass is 16.5. The largest absolute Gasteiger partial charge is 0.489 e. The Labute approximate surface area is 496 Å². The molecule has 9 atom stereocenters. The topological polar surface area (TPSA) is 191 Å². The molecular formula is C68H99N7O8. The Kier molecular flexibility index (Phi) is 25.7. The number of carbonyl (C=O) groups excluding carboxylic acids is 5. The van der Waals surface area contributed by atoms with Gasteiger partial charge in [0, 0.05) is 25.1 Å². The number of aliphatic hydroxyl groups excluding tert-OH is 1. The second-order valence-electron chi connectivity index (χ2n) is 24.3. The molecule has 0 radical (unpaired) electrons. The van der Waals surface area contributed by atoms with E-state index in [2.05, 4.69) is 121 Å². The quantitative estimate of drug-likeness (QED) is 0.0523. The summed E-state index contributed by atoms with van der Waals surface area (Å²) in [6.45, 7) is 29.5. The maximum absolute atomic E-state index is 14.2. The van der Waals surface area contributed by atoms with Crippen LogP contribution in [-0.4, -0.2) is 114 Å². The van der Waals surface area contributed by atoms with E-state index in [0.29, 0.717) is 6.42 Å². The molecule has 2 saturated heterocycles. The van der Waals surface area contributed by atoms with Gasteiger partial charge >= 0.3 is 0 Å². The summed E-state index contributed by atoms with van der Waals surface area (Å²) in [5.74, 6) is 0.542. The molecule has 2 aliphatic carbocycles. The zero-order valence-electron chi connectivity index (χ0n) is 52.1. The molecule has 4 aliphatic rings. The van der Waals surface area contributed by atoms with Crippen LogP contribution in [0.3, 0.4) is 0 Å². The molecule has 15 nitrogen and oxygen atoms in total. The predicted molar refractivity (Wildman–Crippen MR) is 332 cm³/mol. The highest BCUT2D eigenvalue weighted by molar-refractivity contribution is 5.94. The van der Waals surface area contributed by atoms with Crippen LogP contribution in [0, 0.1) is 10.8 Å². The number of aliphatic hydroxyl groups is 1. The number of carbonyl (C=O) groups is 5. The van der Waals surface area contributed by atoms with E-state index in [1.54, 1.807) is 18.9 Å². The van der Waals surface area contributed by atoms with Crippen LogP contribution in [0.2, 0.25) is 0 Å². The third-order valence-corrected chi connectivity index (χ3v) is 16.0. The summed E-state index contributed by atoms with van der Waals surface area (Å²) < 4.78 is 12.5. The Morgan fingerprint density at radius 2 is 1.22 bits per heavy atom. The minimum atomic E-state index is -1.04. The van der Waals surface area contributed by atoms with Gasteiger partial charge < -0.3 is 51.0 Å². The average molecular weight is 1140 g/mol. The molecular weight excluding hydrogens is 1040 g/mol. The lowest BCUT2D eigenvalue weighted by Gasteiger charge is -2.37. The van der Waals surface area contributed by atoms with Crippen molar-refractivity contribution < 1.29 is 38.6 Å². The van der Waals surface area contributed by atoms with Crippen molar-refractivity contribution >= 4 is 30.0 Å². The first-order chi connectivity index (χ1) is 39.5. The fraction of sp³-hybridized carbons (Fsp3) is 0.544. The Balaban J connectivity index is 0.000000255. The number of likely N-dealkylation sites (N-methyl/N-ethyl adjacent to an activating group) is 1. The number of likely N-dealkylation sites (tertiary alicyclic amines) is 2. The number of fused-ring (bicyclic) bond motifs is 2. The Hall–Kier alpha value is -6.71. The lowest BCUT2D eigenvalue weighted by atomic mass is 9.84. The summed E-state index contributed by atoms with van der Waals surface area (Å²) in [7, 11) is 1.71. The molecule has 83 heavy (non-hydrogen) atoms. The molecule has 8 rings (SSSR count). The van der Waals surface area contributed by atoms with Crippen LogP contribution in [0.25, 0.3) is 0 Å². The number of amides is 5. The van der Waals surface area contributed by atoms with Gasteiger partial charge in [-0.3, -0.25) is 24.0 Å². The van der Waals surface area contributed by atoms with Crippen LogP contribution in [0.15, 0.2) is 109 Å². The summed E-state index contributed by atoms with van der Waals surface area (Å²) in [6, 6.07) is 30.7. The molecule has 4 aromatic carbocycles. The van der Waals surface area contributed by atoms with Crippen LogP contribution in [-0.2, 0) is 49.7 Å². The highest BCUT2D eigenvalue weighted by Crippen LogP contribution is 2.34. The van der Waals surface area contributed by atoms with Crippen LogP contribution < -0.4 is 36.1 Å². The van der Waals surface area contributed by atoms with E-state index in [-0.39, 0.29) is 65.9 Å². The molecule has 454 valence electrons. The van der Waals surface area contributed by atoms with Gasteiger partial charge in [-0.05, 0) is 141 Å². The maximum atomic E-state index is 14.2. The van der Waals surface area contributed by atoms with Gasteiger partial charge in [-0.15, -0.1) is 0 Å². The second-order valence-corrected chi connectivity index (χ2v) is 24.3. The molecule has 2 fully saturated rings. The zero-order chi connectivity index (χ0) is 61.0. The minimum Gasteiger partial charge on any atom is -0.489 e. The Morgan fingerprint density at radius 1 is 0.699 bits per heavy atom. The molecule has 2 aliphatic heterocycles. The van der Waals surface area contributed by atoms with Gasteiger partial charge in [0.1, 0.15) is 41.9 Å². The van der Waals surface area contributed by atoms with Crippen LogP contribution in [0.5, 0.6) is 11.5 Å². The number of nitrogens with one attached hydrogen (secondary N) is 5. The Morgan fingerprint density at radius 3 is 1.73 bits per heavy atom. The lowest BCUT2D eigenvalue weighted by molar-refractivity contribution is -0.144. The maximum Gasteiger partial charge on any atom is 0.249 e. The van der Waals surface area contributed by atoms with Gasteiger partial charge in [-0.25, -0.2) is 0 Å². The normalized spacial score (nSPS) is 20.4. The third-order valence-electron chi connectivity index (χ3n) is 16.0. The van der Waals surface area contributed by atoms with Gasteiger partial charge in [-0.1, -0.05) is 149 Å². The summed E-state index contributed by atoms with van der Waals surface area (Å²) in [4.78, 5) is 67.2. The van der Waals surface area contributed by atoms with E-state index in [1.165, 1.54) is 35.6 Å². The lowest BCUT2D eigenvalue weighted by Crippen LogP contribution is -2.59. The van der Waals surface area contributed by atoms with Crippen molar-refractivity contribution in [2.75, 3.05) is 26.7 Å². The third kappa shape index (κ3) is 19.2. The van der Waals surface area contributed by atoms with Crippen LogP contribution >= 0.6 is 0 Å². The second kappa shape index (κ2) is 31.8. The summed E-state index contributed by atoms with van der Waals surface area (Å²) >= 11 is 0. The smallest absolute Gasteiger partial charge is 0.249 e. The van der Waals surface area contributed by atoms with Crippen molar-refractivity contribution in [1.82, 2.24) is 36.4 Å². The van der Waals surface area contributed by atoms with Gasteiger partial charge in [-0.2, -0.15) is 0 Å². The SMILES string of the molecule is C=C([C@@H](NC(=O)[C@@H](C)O)C(C)(C)C)N1CC[C@H](Oc2cccc(CC)c2)C1.CC.CCc1cccc(OC2CC(C(=O)NC3CCCc4ccccc43)N(C(=O)C(NC(=O)C(C)NC)C(C)(C)C)C2)c1.O=CN[C@@H]1CCCc2ccccc21. The van der Waals surface area contributed by atoms with Gasteiger partial charge in [0.25, 0.3) is 0 Å². The standard InChI is InChI=1S/C33H46N4O4.C22H34N2O3.C11H13NO.C2H6/c1-7-22-12-10-15-24(18-22)41-25-19-28(31(39)35-27-17-11-14-23-13-8-9-16-26(23)27)37(20-25)32(40)29(33(3,4)5)36-30(38)21(2)34-6;1-7-17-9-8-10-18(13-17)27-19-11-12-24(14-19)15(2)20(22(4,5)6)23-21(26)16(3)25;13-8-12-11-7-3-5-9-4-1-2-6-10(9)11;1-2/h8-10,12-13,15-16,18,21,25,27-29,34H,7,11,14,17,19-20H2,1-6H3,(H,35,39)(H,36,38);8-10,13,16,19-20,25H,2,7,11-12,14H2,1,3-6H3,(H,23,26);1-2,4,6,8,11H,3,5,7H2,(H,12,13);1-2H3/t;16-,19+,20-;11-;/m.11./s1. The van der Waals surface area contributed by atoms with Crippen molar-refractivity contribution in [2.45, 2.75) is 202 Å². The van der Waals surface area contributed by atoms with E-state index in [0.717, 1.165) is 99.2 Å². The molecule has 0 spiro atoms. The molecule has 0 bridgehead atoms. The highest BCUT2D eigenvalue weighted by Gasteiger charge is 2.46. The molecule has 5 unspecified atom stereocenters. The molecule has 4 aromatic rings. The van der Waals surface area contributed by atoms with E-state index in [9.17, 15) is 29.1 Å². The van der Waals surface area contributed by atoms with Crippen molar-refractivity contribution in [3.63, 3.8) is 0 Å². The molecule has 0 aromatic heterocycles. The number of hydrogen-bond acceptors (Lipinski definition) is 10. The molecule has 0 saturated carbocycles. The summed E-state index contributed by atoms with van der Waals surface area (Å²) in [5.41, 5.74) is 7.59. The van der Waals surface area contributed by atoms with Crippen molar-refractivity contribution in [3.05, 3.63) is 143 Å². The fourth-order valence-corrected chi connectivity index (χ4v) is 11.2. The predicted octanol–water partition coefficient (Wildman–Crippen LogP) is 9.89. The fourth-order valence-electron chi connectivity index (χ4n) is 11.2. The van der Waals surface area contributed by atoms with Crippen molar-refractivity contribution in [1.29, 1.82) is 0 Å². The number of benzene rings is 4. The van der Waals surface area contributed by atoms with Gasteiger partial charge in [0.05, 0.1) is 37.3 Å². The Bertz CT molecular complexity index is 2750. The number of aryl methyl sites for hydroxylation is 4. The van der Waals surface area contributed by atoms with E-state index >= 15 is 0 Å². The van der Waals surface area contributed by atoms with E-state index < -0.39 is 29.6 Å². The number of rotatable bonds is 18. The molecule has 5 amide bonds. The first kappa shape index (κ1) is 67.1. The molecule has 6 N–H and O–H groups in total. The molecule has 2 heterocycles. The van der Waals surface area contributed by atoms with Crippen LogP contribution in [0.1, 0.15) is 167 Å². The van der Waals surface area contributed by atoms with Crippen LogP contribution in [0.4, 0.5) is 0 Å². The number of ether oxygens (including phenoxy) is 2. The summed E-state index contributed by atoms with van der Waals surface area (Å²) in [5, 5.41) is 24.5. The number of nitrogens with zero attached hydrogens (tertiary/aromatic N) is 2. The zero-order valence-corrected chi connectivity index (χ0v) is 52.1. The molecule has 15 heteroatoms.